The van der Waals surface area contributed by atoms with Crippen LogP contribution in [0.5, 0.6) is 5.75 Å². The van der Waals surface area contributed by atoms with E-state index in [1.54, 1.807) is 6.20 Å². The van der Waals surface area contributed by atoms with Gasteiger partial charge in [-0.05, 0) is 25.5 Å². The molecular weight excluding hydrogens is 280 g/mol. The van der Waals surface area contributed by atoms with E-state index in [0.29, 0.717) is 19.7 Å². The maximum atomic E-state index is 11.8. The van der Waals surface area contributed by atoms with Crippen molar-refractivity contribution in [3.8, 4) is 5.75 Å². The number of hydrogen-bond donors (Lipinski definition) is 2. The summed E-state index contributed by atoms with van der Waals surface area (Å²) in [6.45, 7) is 4.40. The van der Waals surface area contributed by atoms with E-state index in [1.807, 2.05) is 48.1 Å². The van der Waals surface area contributed by atoms with E-state index in [9.17, 15) is 4.79 Å². The second-order valence-electron chi connectivity index (χ2n) is 4.77. The summed E-state index contributed by atoms with van der Waals surface area (Å²) in [6.07, 6.45) is 4.49. The fraction of sp³-hybridized carbons (Fsp3) is 0.375. The lowest BCUT2D eigenvalue weighted by Gasteiger charge is -2.11. The summed E-state index contributed by atoms with van der Waals surface area (Å²) in [5, 5.41) is 9.78. The monoisotopic (exact) mass is 302 g/mol. The highest BCUT2D eigenvalue weighted by atomic mass is 16.5. The Labute approximate surface area is 130 Å². The average molecular weight is 302 g/mol. The summed E-state index contributed by atoms with van der Waals surface area (Å²) in [6, 6.07) is 9.42. The number of aromatic nitrogens is 2. The minimum absolute atomic E-state index is 0.174. The van der Waals surface area contributed by atoms with E-state index in [0.717, 1.165) is 24.3 Å². The first kappa shape index (κ1) is 15.9. The van der Waals surface area contributed by atoms with Crippen molar-refractivity contribution in [3.05, 3.63) is 48.3 Å². The molecule has 0 fully saturated rings. The van der Waals surface area contributed by atoms with Crippen LogP contribution in [0.1, 0.15) is 18.9 Å². The molecule has 22 heavy (non-hydrogen) atoms. The molecule has 1 aromatic heterocycles. The van der Waals surface area contributed by atoms with E-state index in [2.05, 4.69) is 15.7 Å². The Hall–Kier alpha value is -2.50. The number of nitrogens with zero attached hydrogens (tertiary/aromatic N) is 2. The number of ether oxygens (including phenoxy) is 1. The highest BCUT2D eigenvalue weighted by molar-refractivity contribution is 5.73. The first-order chi connectivity index (χ1) is 10.8. The Balaban J connectivity index is 1.67. The Morgan fingerprint density at radius 2 is 2.14 bits per heavy atom. The van der Waals surface area contributed by atoms with Gasteiger partial charge in [0, 0.05) is 37.6 Å². The van der Waals surface area contributed by atoms with Gasteiger partial charge in [-0.2, -0.15) is 5.10 Å². The summed E-state index contributed by atoms with van der Waals surface area (Å²) in [4.78, 5) is 11.8. The predicted octanol–water partition coefficient (Wildman–Crippen LogP) is 2.17. The topological polar surface area (TPSA) is 68.2 Å². The number of amides is 2. The molecule has 2 aromatic rings. The molecule has 0 spiro atoms. The van der Waals surface area contributed by atoms with Crippen molar-refractivity contribution in [3.63, 3.8) is 0 Å². The molecule has 2 amide bonds. The fourth-order valence-electron chi connectivity index (χ4n) is 2.06. The third-order valence-corrected chi connectivity index (χ3v) is 3.12. The molecule has 0 atom stereocenters. The lowest BCUT2D eigenvalue weighted by molar-refractivity contribution is 0.240. The maximum Gasteiger partial charge on any atom is 0.315 e. The normalized spacial score (nSPS) is 10.2. The zero-order valence-electron chi connectivity index (χ0n) is 12.8. The SMILES string of the molecule is CCOc1ccccc1CNC(=O)NCCCn1cccn1. The Bertz CT molecular complexity index is 569. The zero-order chi connectivity index (χ0) is 15.6. The van der Waals surface area contributed by atoms with Crippen molar-refractivity contribution in [1.29, 1.82) is 0 Å². The van der Waals surface area contributed by atoms with Crippen LogP contribution in [-0.2, 0) is 13.1 Å². The molecule has 0 aliphatic rings. The number of aryl methyl sites for hydroxylation is 1. The number of hydrogen-bond acceptors (Lipinski definition) is 3. The molecule has 0 aliphatic carbocycles. The second-order valence-corrected chi connectivity index (χ2v) is 4.77. The number of urea groups is 1. The van der Waals surface area contributed by atoms with Gasteiger partial charge in [0.1, 0.15) is 5.75 Å². The number of para-hydroxylation sites is 1. The molecule has 2 N–H and O–H groups in total. The summed E-state index contributed by atoms with van der Waals surface area (Å²) < 4.78 is 7.37. The zero-order valence-corrected chi connectivity index (χ0v) is 12.8. The van der Waals surface area contributed by atoms with Gasteiger partial charge in [0.05, 0.1) is 6.61 Å². The molecule has 1 aromatic carbocycles. The molecule has 1 heterocycles. The molecule has 0 bridgehead atoms. The number of rotatable bonds is 8. The first-order valence-corrected chi connectivity index (χ1v) is 7.49. The lowest BCUT2D eigenvalue weighted by atomic mass is 10.2. The van der Waals surface area contributed by atoms with E-state index >= 15 is 0 Å². The molecule has 6 heteroatoms. The number of carbonyl (C=O) groups excluding carboxylic acids is 1. The van der Waals surface area contributed by atoms with Crippen LogP contribution < -0.4 is 15.4 Å². The lowest BCUT2D eigenvalue weighted by Crippen LogP contribution is -2.35. The summed E-state index contributed by atoms with van der Waals surface area (Å²) in [7, 11) is 0. The van der Waals surface area contributed by atoms with E-state index in [1.165, 1.54) is 0 Å². The molecule has 0 aliphatic heterocycles. The number of carbonyl (C=O) groups is 1. The molecule has 0 radical (unpaired) electrons. The minimum Gasteiger partial charge on any atom is -0.494 e. The van der Waals surface area contributed by atoms with Crippen LogP contribution in [0.15, 0.2) is 42.7 Å². The first-order valence-electron chi connectivity index (χ1n) is 7.49. The van der Waals surface area contributed by atoms with Gasteiger partial charge in [0.2, 0.25) is 0 Å². The van der Waals surface area contributed by atoms with Gasteiger partial charge < -0.3 is 15.4 Å². The van der Waals surface area contributed by atoms with E-state index in [4.69, 9.17) is 4.74 Å². The highest BCUT2D eigenvalue weighted by Crippen LogP contribution is 2.17. The van der Waals surface area contributed by atoms with Crippen LogP contribution in [0.4, 0.5) is 4.79 Å². The molecule has 0 saturated carbocycles. The second kappa shape index (κ2) is 8.71. The van der Waals surface area contributed by atoms with Crippen LogP contribution in [0.2, 0.25) is 0 Å². The van der Waals surface area contributed by atoms with Gasteiger partial charge in [-0.1, -0.05) is 18.2 Å². The third kappa shape index (κ3) is 5.12. The quantitative estimate of drug-likeness (QED) is 0.734. The molecular formula is C16H22N4O2. The van der Waals surface area contributed by atoms with Crippen molar-refractivity contribution in [2.75, 3.05) is 13.2 Å². The van der Waals surface area contributed by atoms with Crippen LogP contribution in [0, 0.1) is 0 Å². The van der Waals surface area contributed by atoms with Crippen molar-refractivity contribution in [2.45, 2.75) is 26.4 Å². The largest absolute Gasteiger partial charge is 0.494 e. The highest BCUT2D eigenvalue weighted by Gasteiger charge is 2.04. The van der Waals surface area contributed by atoms with Crippen molar-refractivity contribution in [2.24, 2.45) is 0 Å². The van der Waals surface area contributed by atoms with Crippen molar-refractivity contribution >= 4 is 6.03 Å². The van der Waals surface area contributed by atoms with Crippen LogP contribution in [0.3, 0.4) is 0 Å². The number of nitrogens with one attached hydrogen (secondary N) is 2. The van der Waals surface area contributed by atoms with Gasteiger partial charge in [0.15, 0.2) is 0 Å². The van der Waals surface area contributed by atoms with Gasteiger partial charge in [-0.3, -0.25) is 4.68 Å². The Kier molecular flexibility index (Phi) is 6.29. The standard InChI is InChI=1S/C16H22N4O2/c1-2-22-15-8-4-3-7-14(15)13-18-16(21)17-9-5-11-20-12-6-10-19-20/h3-4,6-8,10,12H,2,5,9,11,13H2,1H3,(H2,17,18,21). The summed E-state index contributed by atoms with van der Waals surface area (Å²) >= 11 is 0. The fourth-order valence-corrected chi connectivity index (χ4v) is 2.06. The predicted molar refractivity (Wildman–Crippen MR) is 84.7 cm³/mol. The minimum atomic E-state index is -0.174. The Morgan fingerprint density at radius 3 is 2.91 bits per heavy atom. The van der Waals surface area contributed by atoms with Crippen molar-refractivity contribution < 1.29 is 9.53 Å². The molecule has 0 saturated heterocycles. The average Bonchev–Trinajstić information content (AvgIpc) is 3.04. The molecule has 6 nitrogen and oxygen atoms in total. The maximum absolute atomic E-state index is 11.8. The number of benzene rings is 1. The third-order valence-electron chi connectivity index (χ3n) is 3.12. The smallest absolute Gasteiger partial charge is 0.315 e. The van der Waals surface area contributed by atoms with Gasteiger partial charge >= 0.3 is 6.03 Å². The molecule has 118 valence electrons. The van der Waals surface area contributed by atoms with Gasteiger partial charge in [-0.25, -0.2) is 4.79 Å². The van der Waals surface area contributed by atoms with E-state index < -0.39 is 0 Å². The van der Waals surface area contributed by atoms with Crippen LogP contribution in [-0.4, -0.2) is 29.0 Å². The van der Waals surface area contributed by atoms with Crippen molar-refractivity contribution in [1.82, 2.24) is 20.4 Å². The van der Waals surface area contributed by atoms with E-state index in [-0.39, 0.29) is 6.03 Å². The van der Waals surface area contributed by atoms with Crippen LogP contribution >= 0.6 is 0 Å². The van der Waals surface area contributed by atoms with Gasteiger partial charge in [0.25, 0.3) is 0 Å². The summed E-state index contributed by atoms with van der Waals surface area (Å²) in [5.74, 6) is 0.809. The summed E-state index contributed by atoms with van der Waals surface area (Å²) in [5.41, 5.74) is 0.969. The molecule has 2 rings (SSSR count). The Morgan fingerprint density at radius 1 is 1.27 bits per heavy atom. The molecule has 0 unspecified atom stereocenters. The van der Waals surface area contributed by atoms with Gasteiger partial charge in [-0.15, -0.1) is 0 Å². The van der Waals surface area contributed by atoms with Crippen LogP contribution in [0.25, 0.3) is 0 Å².